The van der Waals surface area contributed by atoms with Crippen molar-refractivity contribution in [2.75, 3.05) is 11.8 Å². The Labute approximate surface area is 142 Å². The lowest BCUT2D eigenvalue weighted by atomic mass is 10.2. The van der Waals surface area contributed by atoms with Crippen LogP contribution in [0.1, 0.15) is 25.7 Å². The first-order valence-electron chi connectivity index (χ1n) is 8.01. The molecule has 0 atom stereocenters. The van der Waals surface area contributed by atoms with Crippen LogP contribution in [0.2, 0.25) is 0 Å². The third kappa shape index (κ3) is 3.64. The van der Waals surface area contributed by atoms with Crippen LogP contribution in [0.15, 0.2) is 53.4 Å². The molecule has 1 N–H and O–H groups in total. The molecular formula is C18H21NO4S. The van der Waals surface area contributed by atoms with Gasteiger partial charge in [0.2, 0.25) is 0 Å². The molecule has 24 heavy (non-hydrogen) atoms. The van der Waals surface area contributed by atoms with Crippen LogP contribution in [-0.4, -0.2) is 21.6 Å². The molecule has 0 heterocycles. The largest absolute Gasteiger partial charge is 0.495 e. The number of benzene rings is 2. The fourth-order valence-electron chi connectivity index (χ4n) is 2.88. The Balaban J connectivity index is 1.87. The van der Waals surface area contributed by atoms with E-state index >= 15 is 0 Å². The normalized spacial score (nSPS) is 15.2. The zero-order valence-electron chi connectivity index (χ0n) is 13.6. The van der Waals surface area contributed by atoms with Gasteiger partial charge in [-0.3, -0.25) is 4.72 Å². The van der Waals surface area contributed by atoms with E-state index in [4.69, 9.17) is 9.47 Å². The lowest BCUT2D eigenvalue weighted by Gasteiger charge is -2.18. The van der Waals surface area contributed by atoms with Gasteiger partial charge in [0.25, 0.3) is 10.0 Å². The predicted octanol–water partition coefficient (Wildman–Crippen LogP) is 3.82. The zero-order valence-corrected chi connectivity index (χ0v) is 14.4. The Morgan fingerprint density at radius 3 is 2.29 bits per heavy atom. The zero-order chi connectivity index (χ0) is 17.0. The molecule has 128 valence electrons. The van der Waals surface area contributed by atoms with Gasteiger partial charge in [0.05, 0.1) is 18.9 Å². The molecule has 0 unspecified atom stereocenters. The summed E-state index contributed by atoms with van der Waals surface area (Å²) in [5, 5.41) is 0. The summed E-state index contributed by atoms with van der Waals surface area (Å²) < 4.78 is 39.2. The number of nitrogens with one attached hydrogen (secondary N) is 1. The van der Waals surface area contributed by atoms with Crippen molar-refractivity contribution in [3.05, 3.63) is 48.5 Å². The standard InChI is InChI=1S/C18H21NO4S/c1-22-17-12-6-7-13-18(17)24(20,21)19-15-10-4-5-11-16(15)23-14-8-2-3-9-14/h4-7,10-14,19H,2-3,8-9H2,1H3. The molecule has 1 saturated carbocycles. The summed E-state index contributed by atoms with van der Waals surface area (Å²) in [6.07, 6.45) is 4.47. The van der Waals surface area contributed by atoms with Crippen molar-refractivity contribution in [1.82, 2.24) is 0 Å². The summed E-state index contributed by atoms with van der Waals surface area (Å²) in [6.45, 7) is 0. The molecule has 0 aliphatic heterocycles. The summed E-state index contributed by atoms with van der Waals surface area (Å²) in [5.74, 6) is 0.863. The summed E-state index contributed by atoms with van der Waals surface area (Å²) >= 11 is 0. The van der Waals surface area contributed by atoms with Crippen LogP contribution in [0.25, 0.3) is 0 Å². The Hall–Kier alpha value is -2.21. The first kappa shape index (κ1) is 16.6. The predicted molar refractivity (Wildman–Crippen MR) is 93.1 cm³/mol. The first-order valence-corrected chi connectivity index (χ1v) is 9.50. The van der Waals surface area contributed by atoms with Crippen molar-refractivity contribution in [3.8, 4) is 11.5 Å². The highest BCUT2D eigenvalue weighted by Crippen LogP contribution is 2.32. The van der Waals surface area contributed by atoms with Gasteiger partial charge in [-0.1, -0.05) is 24.3 Å². The van der Waals surface area contributed by atoms with Crippen LogP contribution in [0.4, 0.5) is 5.69 Å². The summed E-state index contributed by atoms with van der Waals surface area (Å²) in [7, 11) is -2.32. The Morgan fingerprint density at radius 2 is 1.58 bits per heavy atom. The number of hydrogen-bond acceptors (Lipinski definition) is 4. The lowest BCUT2D eigenvalue weighted by molar-refractivity contribution is 0.211. The fraction of sp³-hybridized carbons (Fsp3) is 0.333. The van der Waals surface area contributed by atoms with E-state index in [0.717, 1.165) is 25.7 Å². The number of hydrogen-bond donors (Lipinski definition) is 1. The monoisotopic (exact) mass is 347 g/mol. The van der Waals surface area contributed by atoms with E-state index in [0.29, 0.717) is 17.2 Å². The molecule has 0 amide bonds. The third-order valence-corrected chi connectivity index (χ3v) is 5.49. The number of para-hydroxylation sites is 3. The minimum Gasteiger partial charge on any atom is -0.495 e. The minimum atomic E-state index is -3.77. The number of rotatable bonds is 6. The highest BCUT2D eigenvalue weighted by Gasteiger charge is 2.22. The molecule has 6 heteroatoms. The molecule has 2 aromatic rings. The highest BCUT2D eigenvalue weighted by atomic mass is 32.2. The lowest BCUT2D eigenvalue weighted by Crippen LogP contribution is -2.17. The van der Waals surface area contributed by atoms with Crippen LogP contribution >= 0.6 is 0 Å². The Kier molecular flexibility index (Phi) is 4.94. The van der Waals surface area contributed by atoms with E-state index in [-0.39, 0.29) is 11.0 Å². The van der Waals surface area contributed by atoms with Gasteiger partial charge >= 0.3 is 0 Å². The average molecular weight is 347 g/mol. The maximum Gasteiger partial charge on any atom is 0.265 e. The van der Waals surface area contributed by atoms with Crippen LogP contribution < -0.4 is 14.2 Å². The Morgan fingerprint density at radius 1 is 0.958 bits per heavy atom. The smallest absolute Gasteiger partial charge is 0.265 e. The van der Waals surface area contributed by atoms with Crippen LogP contribution in [0.5, 0.6) is 11.5 Å². The quantitative estimate of drug-likeness (QED) is 0.863. The van der Waals surface area contributed by atoms with Crippen molar-refractivity contribution in [3.63, 3.8) is 0 Å². The molecule has 0 spiro atoms. The maximum absolute atomic E-state index is 12.7. The van der Waals surface area contributed by atoms with E-state index in [2.05, 4.69) is 4.72 Å². The molecule has 1 fully saturated rings. The van der Waals surface area contributed by atoms with Gasteiger partial charge in [0.15, 0.2) is 0 Å². The van der Waals surface area contributed by atoms with Gasteiger partial charge in [-0.25, -0.2) is 8.42 Å². The Bertz CT molecular complexity index is 798. The molecule has 0 aromatic heterocycles. The van der Waals surface area contributed by atoms with Gasteiger partial charge in [-0.15, -0.1) is 0 Å². The molecule has 3 rings (SSSR count). The van der Waals surface area contributed by atoms with E-state index in [1.165, 1.54) is 13.2 Å². The summed E-state index contributed by atoms with van der Waals surface area (Å²) in [6, 6.07) is 13.6. The van der Waals surface area contributed by atoms with Gasteiger partial charge < -0.3 is 9.47 Å². The van der Waals surface area contributed by atoms with Gasteiger partial charge in [0.1, 0.15) is 16.4 Å². The van der Waals surface area contributed by atoms with Crippen molar-refractivity contribution < 1.29 is 17.9 Å². The van der Waals surface area contributed by atoms with Crippen LogP contribution in [0.3, 0.4) is 0 Å². The second kappa shape index (κ2) is 7.13. The molecule has 1 aliphatic carbocycles. The van der Waals surface area contributed by atoms with E-state index in [1.807, 2.05) is 6.07 Å². The molecule has 0 bridgehead atoms. The molecule has 0 saturated heterocycles. The fourth-order valence-corrected chi connectivity index (χ4v) is 4.12. The number of sulfonamides is 1. The highest BCUT2D eigenvalue weighted by molar-refractivity contribution is 7.92. The molecule has 2 aromatic carbocycles. The topological polar surface area (TPSA) is 64.6 Å². The molecule has 5 nitrogen and oxygen atoms in total. The van der Waals surface area contributed by atoms with Crippen molar-refractivity contribution in [2.24, 2.45) is 0 Å². The second-order valence-electron chi connectivity index (χ2n) is 5.78. The van der Waals surface area contributed by atoms with Crippen LogP contribution in [-0.2, 0) is 10.0 Å². The molecule has 0 radical (unpaired) electrons. The number of methoxy groups -OCH3 is 1. The second-order valence-corrected chi connectivity index (χ2v) is 7.43. The van der Waals surface area contributed by atoms with Crippen LogP contribution in [0, 0.1) is 0 Å². The molecule has 1 aliphatic rings. The summed E-state index contributed by atoms with van der Waals surface area (Å²) in [5.41, 5.74) is 0.440. The van der Waals surface area contributed by atoms with Crippen molar-refractivity contribution in [2.45, 2.75) is 36.7 Å². The van der Waals surface area contributed by atoms with Crippen molar-refractivity contribution >= 4 is 15.7 Å². The van der Waals surface area contributed by atoms with E-state index in [9.17, 15) is 8.42 Å². The van der Waals surface area contributed by atoms with Crippen molar-refractivity contribution in [1.29, 1.82) is 0 Å². The summed E-state index contributed by atoms with van der Waals surface area (Å²) in [4.78, 5) is 0.100. The maximum atomic E-state index is 12.7. The number of ether oxygens (including phenoxy) is 2. The third-order valence-electron chi connectivity index (χ3n) is 4.09. The minimum absolute atomic E-state index is 0.100. The van der Waals surface area contributed by atoms with Gasteiger partial charge in [-0.2, -0.15) is 0 Å². The van der Waals surface area contributed by atoms with Gasteiger partial charge in [0, 0.05) is 0 Å². The van der Waals surface area contributed by atoms with Gasteiger partial charge in [-0.05, 0) is 49.9 Å². The van der Waals surface area contributed by atoms with E-state index < -0.39 is 10.0 Å². The first-order chi connectivity index (χ1) is 11.6. The average Bonchev–Trinajstić information content (AvgIpc) is 3.09. The number of anilines is 1. The molecular weight excluding hydrogens is 326 g/mol. The van der Waals surface area contributed by atoms with E-state index in [1.54, 1.807) is 36.4 Å². The SMILES string of the molecule is COc1ccccc1S(=O)(=O)Nc1ccccc1OC1CCCC1.